The lowest BCUT2D eigenvalue weighted by molar-refractivity contribution is 0.102. The number of ether oxygens (including phenoxy) is 1. The molecule has 8 nitrogen and oxygen atoms in total. The molecule has 0 bridgehead atoms. The summed E-state index contributed by atoms with van der Waals surface area (Å²) >= 11 is 0. The summed E-state index contributed by atoms with van der Waals surface area (Å²) in [5.74, 6) is -0.273. The second-order valence-corrected chi connectivity index (χ2v) is 5.89. The minimum Gasteiger partial charge on any atom is -0.481 e. The third-order valence-electron chi connectivity index (χ3n) is 4.08. The minimum absolute atomic E-state index is 0.141. The highest BCUT2D eigenvalue weighted by Crippen LogP contribution is 2.16. The summed E-state index contributed by atoms with van der Waals surface area (Å²) in [4.78, 5) is 29.4. The van der Waals surface area contributed by atoms with Crippen LogP contribution in [0.15, 0.2) is 54.2 Å². The van der Waals surface area contributed by atoms with Crippen LogP contribution in [0.4, 0.5) is 10.2 Å². The highest BCUT2D eigenvalue weighted by atomic mass is 19.1. The van der Waals surface area contributed by atoms with Gasteiger partial charge in [0.05, 0.1) is 18.9 Å². The van der Waals surface area contributed by atoms with Crippen molar-refractivity contribution in [3.63, 3.8) is 0 Å². The van der Waals surface area contributed by atoms with Gasteiger partial charge in [0.2, 0.25) is 5.88 Å². The number of halogens is 1. The molecular weight excluding hydrogens is 377 g/mol. The number of nitrogens with zero attached hydrogens (tertiary/aromatic N) is 4. The fraction of sp³-hybridized carbons (Fsp3) is 0.150. The van der Waals surface area contributed by atoms with E-state index in [4.69, 9.17) is 9.57 Å². The molecule has 0 atom stereocenters. The van der Waals surface area contributed by atoms with Crippen molar-refractivity contribution in [3.05, 3.63) is 77.1 Å². The van der Waals surface area contributed by atoms with E-state index in [-0.39, 0.29) is 11.1 Å². The Hall–Kier alpha value is -3.88. The van der Waals surface area contributed by atoms with Gasteiger partial charge in [-0.05, 0) is 25.1 Å². The standard InChI is InChI=1S/C20H18FN5O3/c1-12-15(10-22-11-16(12)21)20(27)25-17-6-4-13(8-23-17)19(26-29-3)14-5-7-18(28-2)24-9-14/h4-11H,1-3H3,(H,23,25,27)/b26-19-. The van der Waals surface area contributed by atoms with Gasteiger partial charge in [-0.3, -0.25) is 9.78 Å². The van der Waals surface area contributed by atoms with Gasteiger partial charge in [0.15, 0.2) is 0 Å². The average molecular weight is 395 g/mol. The predicted molar refractivity (Wildman–Crippen MR) is 105 cm³/mol. The van der Waals surface area contributed by atoms with E-state index in [0.29, 0.717) is 28.5 Å². The number of pyridine rings is 3. The molecule has 3 aromatic rings. The number of amides is 1. The SMILES string of the molecule is CO/N=C(/c1ccc(NC(=O)c2cncc(F)c2C)nc1)c1ccc(OC)nc1. The molecule has 0 fully saturated rings. The number of anilines is 1. The van der Waals surface area contributed by atoms with Crippen molar-refractivity contribution >= 4 is 17.4 Å². The van der Waals surface area contributed by atoms with Crippen molar-refractivity contribution in [1.82, 2.24) is 15.0 Å². The predicted octanol–water partition coefficient (Wildman–Crippen LogP) is 2.98. The van der Waals surface area contributed by atoms with Crippen molar-refractivity contribution in [2.24, 2.45) is 5.16 Å². The molecule has 148 valence electrons. The molecule has 0 aromatic carbocycles. The number of aromatic nitrogens is 3. The topological polar surface area (TPSA) is 98.6 Å². The van der Waals surface area contributed by atoms with E-state index < -0.39 is 11.7 Å². The number of rotatable bonds is 6. The summed E-state index contributed by atoms with van der Waals surface area (Å²) in [6.07, 6.45) is 5.51. The molecule has 0 saturated heterocycles. The molecule has 0 radical (unpaired) electrons. The van der Waals surface area contributed by atoms with Crippen LogP contribution < -0.4 is 10.1 Å². The lowest BCUT2D eigenvalue weighted by atomic mass is 10.1. The minimum atomic E-state index is -0.547. The average Bonchev–Trinajstić information content (AvgIpc) is 2.75. The summed E-state index contributed by atoms with van der Waals surface area (Å²) in [5.41, 5.74) is 2.23. The van der Waals surface area contributed by atoms with Crippen LogP contribution in [0.2, 0.25) is 0 Å². The Bertz CT molecular complexity index is 1040. The van der Waals surface area contributed by atoms with Gasteiger partial charge >= 0.3 is 0 Å². The number of carbonyl (C=O) groups is 1. The molecule has 0 aliphatic heterocycles. The maximum atomic E-state index is 13.6. The number of hydrogen-bond donors (Lipinski definition) is 1. The quantitative estimate of drug-likeness (QED) is 0.509. The summed E-state index contributed by atoms with van der Waals surface area (Å²) in [6.45, 7) is 1.51. The molecule has 3 aromatic heterocycles. The molecule has 0 aliphatic carbocycles. The van der Waals surface area contributed by atoms with E-state index in [1.807, 2.05) is 0 Å². The number of methoxy groups -OCH3 is 1. The maximum absolute atomic E-state index is 13.6. The first-order chi connectivity index (χ1) is 14.0. The molecule has 9 heteroatoms. The van der Waals surface area contributed by atoms with Crippen LogP contribution in [-0.2, 0) is 4.84 Å². The molecule has 0 spiro atoms. The fourth-order valence-electron chi connectivity index (χ4n) is 2.52. The van der Waals surface area contributed by atoms with Crippen LogP contribution in [0.3, 0.4) is 0 Å². The zero-order chi connectivity index (χ0) is 20.8. The number of nitrogens with one attached hydrogen (secondary N) is 1. The Morgan fingerprint density at radius 2 is 1.76 bits per heavy atom. The Labute approximate surface area is 166 Å². The molecule has 3 heterocycles. The highest BCUT2D eigenvalue weighted by Gasteiger charge is 2.14. The zero-order valence-corrected chi connectivity index (χ0v) is 16.0. The normalized spacial score (nSPS) is 11.1. The lowest BCUT2D eigenvalue weighted by Crippen LogP contribution is -2.15. The van der Waals surface area contributed by atoms with Crippen molar-refractivity contribution in [3.8, 4) is 5.88 Å². The maximum Gasteiger partial charge on any atom is 0.258 e. The van der Waals surface area contributed by atoms with Crippen LogP contribution in [0.25, 0.3) is 0 Å². The van der Waals surface area contributed by atoms with Gasteiger partial charge in [-0.25, -0.2) is 14.4 Å². The zero-order valence-electron chi connectivity index (χ0n) is 16.0. The van der Waals surface area contributed by atoms with Crippen molar-refractivity contribution in [2.75, 3.05) is 19.5 Å². The van der Waals surface area contributed by atoms with Gasteiger partial charge in [-0.15, -0.1) is 0 Å². The van der Waals surface area contributed by atoms with Gasteiger partial charge in [-0.2, -0.15) is 0 Å². The molecular formula is C20H18FN5O3. The van der Waals surface area contributed by atoms with Gasteiger partial charge in [0.1, 0.15) is 24.5 Å². The first-order valence-corrected chi connectivity index (χ1v) is 8.53. The highest BCUT2D eigenvalue weighted by molar-refractivity contribution is 6.12. The second-order valence-electron chi connectivity index (χ2n) is 5.89. The molecule has 1 amide bonds. The molecule has 29 heavy (non-hydrogen) atoms. The van der Waals surface area contributed by atoms with E-state index in [9.17, 15) is 9.18 Å². The molecule has 0 unspecified atom stereocenters. The van der Waals surface area contributed by atoms with Gasteiger partial charge in [0.25, 0.3) is 5.91 Å². The Morgan fingerprint density at radius 3 is 2.34 bits per heavy atom. The van der Waals surface area contributed by atoms with Gasteiger partial charge in [-0.1, -0.05) is 5.16 Å². The Morgan fingerprint density at radius 1 is 1.03 bits per heavy atom. The van der Waals surface area contributed by atoms with E-state index in [1.165, 1.54) is 33.5 Å². The second kappa shape index (κ2) is 8.87. The molecule has 0 aliphatic rings. The largest absolute Gasteiger partial charge is 0.481 e. The van der Waals surface area contributed by atoms with E-state index in [2.05, 4.69) is 25.4 Å². The lowest BCUT2D eigenvalue weighted by Gasteiger charge is -2.09. The number of hydrogen-bond acceptors (Lipinski definition) is 7. The van der Waals surface area contributed by atoms with Crippen LogP contribution in [0.1, 0.15) is 27.0 Å². The Balaban J connectivity index is 1.81. The van der Waals surface area contributed by atoms with E-state index in [0.717, 1.165) is 6.20 Å². The summed E-state index contributed by atoms with van der Waals surface area (Å²) in [6, 6.07) is 6.83. The first kappa shape index (κ1) is 19.9. The fourth-order valence-corrected chi connectivity index (χ4v) is 2.52. The van der Waals surface area contributed by atoms with Crippen LogP contribution in [0, 0.1) is 12.7 Å². The van der Waals surface area contributed by atoms with Crippen LogP contribution in [0.5, 0.6) is 5.88 Å². The van der Waals surface area contributed by atoms with Crippen LogP contribution >= 0.6 is 0 Å². The van der Waals surface area contributed by atoms with E-state index >= 15 is 0 Å². The van der Waals surface area contributed by atoms with Crippen molar-refractivity contribution in [2.45, 2.75) is 6.92 Å². The van der Waals surface area contributed by atoms with Crippen LogP contribution in [-0.4, -0.2) is 40.8 Å². The summed E-state index contributed by atoms with van der Waals surface area (Å²) in [5, 5.41) is 6.66. The third-order valence-corrected chi connectivity index (χ3v) is 4.08. The van der Waals surface area contributed by atoms with Crippen molar-refractivity contribution < 1.29 is 18.8 Å². The molecule has 1 N–H and O–H groups in total. The molecule has 3 rings (SSSR count). The molecule has 0 saturated carbocycles. The monoisotopic (exact) mass is 395 g/mol. The number of carbonyl (C=O) groups excluding carboxylic acids is 1. The van der Waals surface area contributed by atoms with Crippen molar-refractivity contribution in [1.29, 1.82) is 0 Å². The van der Waals surface area contributed by atoms with Gasteiger partial charge < -0.3 is 14.9 Å². The van der Waals surface area contributed by atoms with E-state index in [1.54, 1.807) is 30.5 Å². The summed E-state index contributed by atoms with van der Waals surface area (Å²) < 4.78 is 18.7. The number of oxime groups is 1. The van der Waals surface area contributed by atoms with Gasteiger partial charge in [0, 0.05) is 41.3 Å². The third kappa shape index (κ3) is 4.52. The first-order valence-electron chi connectivity index (χ1n) is 8.53. The smallest absolute Gasteiger partial charge is 0.258 e. The Kier molecular flexibility index (Phi) is 6.08. The summed E-state index contributed by atoms with van der Waals surface area (Å²) in [7, 11) is 2.97.